The van der Waals surface area contributed by atoms with E-state index in [0.717, 1.165) is 31.9 Å². The number of alkyl halides is 3. The minimum Gasteiger partial charge on any atom is -0.369 e. The van der Waals surface area contributed by atoms with Crippen molar-refractivity contribution >= 4 is 40.7 Å². The minimum atomic E-state index is -4.55. The number of rotatable bonds is 6. The molecular formula is C19H22Cl2F3N5. The zero-order valence-electron chi connectivity index (χ0n) is 15.6. The van der Waals surface area contributed by atoms with Gasteiger partial charge in [-0.3, -0.25) is 0 Å². The van der Waals surface area contributed by atoms with E-state index in [9.17, 15) is 13.2 Å². The molecule has 0 radical (unpaired) electrons. The Morgan fingerprint density at radius 1 is 1.07 bits per heavy atom. The van der Waals surface area contributed by atoms with Gasteiger partial charge in [-0.2, -0.15) is 18.2 Å². The quantitative estimate of drug-likeness (QED) is 0.527. The first-order valence-corrected chi connectivity index (χ1v) is 10.1. The summed E-state index contributed by atoms with van der Waals surface area (Å²) in [6, 6.07) is 4.76. The van der Waals surface area contributed by atoms with E-state index in [1.165, 1.54) is 0 Å². The second-order valence-corrected chi connectivity index (χ2v) is 8.03. The van der Waals surface area contributed by atoms with Gasteiger partial charge in [0.15, 0.2) is 0 Å². The van der Waals surface area contributed by atoms with Crippen LogP contribution in [0.4, 0.5) is 30.6 Å². The average molecular weight is 448 g/mol. The van der Waals surface area contributed by atoms with Crippen LogP contribution in [0.1, 0.15) is 31.2 Å². The number of aromatic nitrogens is 2. The average Bonchev–Trinajstić information content (AvgIpc) is 2.69. The van der Waals surface area contributed by atoms with Crippen LogP contribution in [-0.2, 0) is 6.18 Å². The molecule has 2 aromatic rings. The molecule has 0 spiro atoms. The highest BCUT2D eigenvalue weighted by molar-refractivity contribution is 6.42. The third kappa shape index (κ3) is 5.87. The predicted molar refractivity (Wildman–Crippen MR) is 110 cm³/mol. The number of hydrogen-bond donors (Lipinski definition) is 3. The summed E-state index contributed by atoms with van der Waals surface area (Å²) in [6.45, 7) is 1.08. The Labute approximate surface area is 177 Å². The standard InChI is InChI=1S/C19H22Cl2F3N5/c20-15-6-5-13(7-16(15)21)28-18-27-10-14(19(22,23)24)17(29-18)26-9-12-3-1-11(8-25)2-4-12/h5-7,10-12H,1-4,8-9,25H2,(H2,26,27,28,29). The number of anilines is 3. The lowest BCUT2D eigenvalue weighted by atomic mass is 9.82. The van der Waals surface area contributed by atoms with Crippen LogP contribution in [0, 0.1) is 11.8 Å². The summed E-state index contributed by atoms with van der Waals surface area (Å²) in [5, 5.41) is 6.42. The van der Waals surface area contributed by atoms with Crippen LogP contribution in [0.5, 0.6) is 0 Å². The van der Waals surface area contributed by atoms with Crippen LogP contribution in [-0.4, -0.2) is 23.1 Å². The fourth-order valence-corrected chi connectivity index (χ4v) is 3.70. The normalized spacial score (nSPS) is 19.8. The third-order valence-electron chi connectivity index (χ3n) is 5.13. The lowest BCUT2D eigenvalue weighted by molar-refractivity contribution is -0.137. The smallest absolute Gasteiger partial charge is 0.369 e. The molecule has 10 heteroatoms. The van der Waals surface area contributed by atoms with Crippen LogP contribution in [0.2, 0.25) is 10.0 Å². The second kappa shape index (κ2) is 9.36. The Hall–Kier alpha value is -1.77. The highest BCUT2D eigenvalue weighted by atomic mass is 35.5. The molecule has 0 amide bonds. The molecule has 1 fully saturated rings. The molecule has 3 rings (SSSR count). The van der Waals surface area contributed by atoms with Gasteiger partial charge < -0.3 is 16.4 Å². The first-order chi connectivity index (χ1) is 13.8. The van der Waals surface area contributed by atoms with E-state index in [1.807, 2.05) is 0 Å². The van der Waals surface area contributed by atoms with E-state index in [-0.39, 0.29) is 11.8 Å². The zero-order valence-corrected chi connectivity index (χ0v) is 17.1. The molecule has 0 bridgehead atoms. The van der Waals surface area contributed by atoms with Crippen molar-refractivity contribution < 1.29 is 13.2 Å². The molecule has 0 aliphatic heterocycles. The molecule has 4 N–H and O–H groups in total. The number of nitrogens with two attached hydrogens (primary N) is 1. The van der Waals surface area contributed by atoms with Gasteiger partial charge in [-0.1, -0.05) is 23.2 Å². The maximum atomic E-state index is 13.4. The maximum absolute atomic E-state index is 13.4. The molecule has 1 saturated carbocycles. The highest BCUT2D eigenvalue weighted by Gasteiger charge is 2.35. The SMILES string of the molecule is NCC1CCC(CNc2nc(Nc3ccc(Cl)c(Cl)c3)ncc2C(F)(F)F)CC1. The second-order valence-electron chi connectivity index (χ2n) is 7.21. The Kier molecular flexibility index (Phi) is 7.08. The molecule has 0 saturated heterocycles. The van der Waals surface area contributed by atoms with Crippen LogP contribution >= 0.6 is 23.2 Å². The maximum Gasteiger partial charge on any atom is 0.421 e. The molecule has 1 heterocycles. The van der Waals surface area contributed by atoms with Crippen molar-refractivity contribution in [2.24, 2.45) is 17.6 Å². The number of hydrogen-bond acceptors (Lipinski definition) is 5. The highest BCUT2D eigenvalue weighted by Crippen LogP contribution is 2.35. The van der Waals surface area contributed by atoms with Crippen LogP contribution in [0.25, 0.3) is 0 Å². The molecule has 5 nitrogen and oxygen atoms in total. The molecule has 29 heavy (non-hydrogen) atoms. The molecular weight excluding hydrogens is 426 g/mol. The summed E-state index contributed by atoms with van der Waals surface area (Å²) >= 11 is 11.9. The van der Waals surface area contributed by atoms with Crippen molar-refractivity contribution in [3.63, 3.8) is 0 Å². The van der Waals surface area contributed by atoms with Crippen molar-refractivity contribution in [1.82, 2.24) is 9.97 Å². The fourth-order valence-electron chi connectivity index (χ4n) is 3.40. The summed E-state index contributed by atoms with van der Waals surface area (Å²) < 4.78 is 40.1. The van der Waals surface area contributed by atoms with E-state index in [4.69, 9.17) is 28.9 Å². The Balaban J connectivity index is 1.74. The largest absolute Gasteiger partial charge is 0.421 e. The molecule has 0 unspecified atom stereocenters. The van der Waals surface area contributed by atoms with Crippen LogP contribution < -0.4 is 16.4 Å². The monoisotopic (exact) mass is 447 g/mol. The van der Waals surface area contributed by atoms with Gasteiger partial charge in [0.1, 0.15) is 11.4 Å². The lowest BCUT2D eigenvalue weighted by Gasteiger charge is -2.28. The van der Waals surface area contributed by atoms with Gasteiger partial charge in [-0.25, -0.2) is 4.98 Å². The summed E-state index contributed by atoms with van der Waals surface area (Å²) in [7, 11) is 0. The summed E-state index contributed by atoms with van der Waals surface area (Å²) in [5.74, 6) is 0.597. The topological polar surface area (TPSA) is 75.9 Å². The van der Waals surface area contributed by atoms with Crippen molar-refractivity contribution in [1.29, 1.82) is 0 Å². The minimum absolute atomic E-state index is 0.0331. The van der Waals surface area contributed by atoms with E-state index >= 15 is 0 Å². The molecule has 1 aromatic carbocycles. The lowest BCUT2D eigenvalue weighted by Crippen LogP contribution is -2.26. The number of nitrogens with zero attached hydrogens (tertiary/aromatic N) is 2. The van der Waals surface area contributed by atoms with E-state index in [0.29, 0.717) is 40.7 Å². The van der Waals surface area contributed by atoms with Gasteiger partial charge in [0.2, 0.25) is 5.95 Å². The zero-order chi connectivity index (χ0) is 21.0. The summed E-state index contributed by atoms with van der Waals surface area (Å²) in [6.07, 6.45) is 0.110. The van der Waals surface area contributed by atoms with Crippen molar-refractivity contribution in [3.05, 3.63) is 40.0 Å². The predicted octanol–water partition coefficient (Wildman–Crippen LogP) is 5.72. The third-order valence-corrected chi connectivity index (χ3v) is 5.87. The van der Waals surface area contributed by atoms with Crippen molar-refractivity contribution in [2.45, 2.75) is 31.9 Å². The summed E-state index contributed by atoms with van der Waals surface area (Å²) in [4.78, 5) is 7.85. The number of halogens is 5. The molecule has 1 aliphatic rings. The first kappa shape index (κ1) is 21.9. The van der Waals surface area contributed by atoms with Gasteiger partial charge >= 0.3 is 6.18 Å². The summed E-state index contributed by atoms with van der Waals surface area (Å²) in [5.41, 5.74) is 5.32. The van der Waals surface area contributed by atoms with Gasteiger partial charge in [0.05, 0.1) is 10.0 Å². The molecule has 158 valence electrons. The Bertz CT molecular complexity index is 839. The van der Waals surface area contributed by atoms with Gasteiger partial charge in [0, 0.05) is 18.4 Å². The van der Waals surface area contributed by atoms with E-state index in [2.05, 4.69) is 20.6 Å². The van der Waals surface area contributed by atoms with Crippen molar-refractivity contribution in [2.75, 3.05) is 23.7 Å². The van der Waals surface area contributed by atoms with Gasteiger partial charge in [-0.05, 0) is 62.3 Å². The van der Waals surface area contributed by atoms with E-state index in [1.54, 1.807) is 18.2 Å². The molecule has 1 aromatic heterocycles. The van der Waals surface area contributed by atoms with Crippen molar-refractivity contribution in [3.8, 4) is 0 Å². The van der Waals surface area contributed by atoms with Crippen LogP contribution in [0.15, 0.2) is 24.4 Å². The number of nitrogens with one attached hydrogen (secondary N) is 2. The van der Waals surface area contributed by atoms with Gasteiger partial charge in [-0.15, -0.1) is 0 Å². The fraction of sp³-hybridized carbons (Fsp3) is 0.474. The van der Waals surface area contributed by atoms with Gasteiger partial charge in [0.25, 0.3) is 0 Å². The Morgan fingerprint density at radius 3 is 2.38 bits per heavy atom. The first-order valence-electron chi connectivity index (χ1n) is 9.36. The Morgan fingerprint density at radius 2 is 1.76 bits per heavy atom. The van der Waals surface area contributed by atoms with Crippen LogP contribution in [0.3, 0.4) is 0 Å². The molecule has 0 atom stereocenters. The van der Waals surface area contributed by atoms with E-state index < -0.39 is 11.7 Å². The molecule has 1 aliphatic carbocycles. The number of benzene rings is 1.